The van der Waals surface area contributed by atoms with Crippen molar-refractivity contribution in [2.75, 3.05) is 10.6 Å². The quantitative estimate of drug-likeness (QED) is 0.296. The van der Waals surface area contributed by atoms with E-state index in [1.165, 1.54) is 0 Å². The number of aryl methyl sites for hydroxylation is 1. The molecule has 8 heteroatoms. The van der Waals surface area contributed by atoms with Crippen molar-refractivity contribution in [2.45, 2.75) is 45.8 Å². The van der Waals surface area contributed by atoms with Gasteiger partial charge in [-0.2, -0.15) is 0 Å². The lowest BCUT2D eigenvalue weighted by atomic mass is 10.0. The Balaban J connectivity index is 1.51. The fourth-order valence-electron chi connectivity index (χ4n) is 3.85. The van der Waals surface area contributed by atoms with E-state index in [2.05, 4.69) is 29.7 Å². The summed E-state index contributed by atoms with van der Waals surface area (Å²) in [5.41, 5.74) is 0.963. The average Bonchev–Trinajstić information content (AvgIpc) is 2.85. The highest BCUT2D eigenvalue weighted by atomic mass is 16.5. The summed E-state index contributed by atoms with van der Waals surface area (Å²) in [5.74, 6) is -0.483. The monoisotopic (exact) mass is 473 g/mol. The molecule has 0 fully saturated rings. The molecule has 0 radical (unpaired) electrons. The predicted octanol–water partition coefficient (Wildman–Crippen LogP) is 4.03. The molecule has 4 aromatic rings. The maximum Gasteiger partial charge on any atom is 0.326 e. The van der Waals surface area contributed by atoms with Crippen LogP contribution in [0, 0.1) is 0 Å². The lowest BCUT2D eigenvalue weighted by Crippen LogP contribution is -2.42. The number of nitrogens with zero attached hydrogens (tertiary/aromatic N) is 1. The van der Waals surface area contributed by atoms with Crippen LogP contribution in [0.1, 0.15) is 32.0 Å². The summed E-state index contributed by atoms with van der Waals surface area (Å²) >= 11 is 0. The number of benzene rings is 2. The van der Waals surface area contributed by atoms with Crippen molar-refractivity contribution in [1.29, 1.82) is 0 Å². The van der Waals surface area contributed by atoms with E-state index < -0.39 is 22.9 Å². The first-order valence-electron chi connectivity index (χ1n) is 11.5. The Kier molecular flexibility index (Phi) is 6.82. The molecular formula is C27H27N3O5. The maximum atomic E-state index is 12.0. The number of fused-ring (bicyclic) bond motifs is 1. The first-order chi connectivity index (χ1) is 16.8. The van der Waals surface area contributed by atoms with E-state index in [4.69, 9.17) is 9.72 Å². The van der Waals surface area contributed by atoms with E-state index in [-0.39, 0.29) is 24.0 Å². The third kappa shape index (κ3) is 5.16. The number of pyridine rings is 1. The van der Waals surface area contributed by atoms with Crippen molar-refractivity contribution in [2.24, 2.45) is 0 Å². The molecule has 1 heterocycles. The molecule has 8 nitrogen and oxygen atoms in total. The number of carboxylic acid groups (broad SMARTS) is 1. The highest BCUT2D eigenvalue weighted by molar-refractivity contribution is 5.93. The smallest absolute Gasteiger partial charge is 0.326 e. The molecule has 1 aromatic heterocycles. The Morgan fingerprint density at radius 2 is 1.77 bits per heavy atom. The van der Waals surface area contributed by atoms with Crippen molar-refractivity contribution in [3.05, 3.63) is 86.3 Å². The highest BCUT2D eigenvalue weighted by Gasteiger charge is 2.28. The largest absolute Gasteiger partial charge is 0.485 e. The van der Waals surface area contributed by atoms with E-state index in [0.29, 0.717) is 0 Å². The van der Waals surface area contributed by atoms with Crippen LogP contribution in [0.5, 0.6) is 5.75 Å². The number of hydrogen-bond acceptors (Lipinski definition) is 7. The molecule has 4 rings (SSSR count). The molecule has 0 amide bonds. The number of anilines is 3. The second-order valence-electron chi connectivity index (χ2n) is 8.63. The van der Waals surface area contributed by atoms with Crippen LogP contribution in [-0.2, 0) is 17.6 Å². The third-order valence-corrected chi connectivity index (χ3v) is 5.65. The van der Waals surface area contributed by atoms with Crippen molar-refractivity contribution >= 4 is 33.9 Å². The number of aliphatic carboxylic acids is 1. The fourth-order valence-corrected chi connectivity index (χ4v) is 3.85. The van der Waals surface area contributed by atoms with Crippen molar-refractivity contribution in [3.8, 4) is 5.75 Å². The predicted molar refractivity (Wildman–Crippen MR) is 137 cm³/mol. The summed E-state index contributed by atoms with van der Waals surface area (Å²) in [7, 11) is 0. The van der Waals surface area contributed by atoms with Crippen molar-refractivity contribution < 1.29 is 14.6 Å². The van der Waals surface area contributed by atoms with E-state index >= 15 is 0 Å². The molecule has 1 unspecified atom stereocenters. The van der Waals surface area contributed by atoms with Gasteiger partial charge in [0.2, 0.25) is 0 Å². The van der Waals surface area contributed by atoms with Gasteiger partial charge >= 0.3 is 5.97 Å². The van der Waals surface area contributed by atoms with Gasteiger partial charge in [-0.1, -0.05) is 43.3 Å². The van der Waals surface area contributed by atoms with Crippen LogP contribution in [-0.4, -0.2) is 28.2 Å². The Morgan fingerprint density at radius 3 is 2.43 bits per heavy atom. The first-order valence-corrected chi connectivity index (χ1v) is 11.5. The van der Waals surface area contributed by atoms with E-state index in [0.717, 1.165) is 40.0 Å². The van der Waals surface area contributed by atoms with Crippen molar-refractivity contribution in [3.63, 3.8) is 0 Å². The zero-order valence-electron chi connectivity index (χ0n) is 19.8. The molecule has 1 atom stereocenters. The number of carboxylic acids is 1. The highest BCUT2D eigenvalue weighted by Crippen LogP contribution is 2.26. The Bertz CT molecular complexity index is 1440. The number of aromatic nitrogens is 1. The van der Waals surface area contributed by atoms with E-state index in [9.17, 15) is 19.5 Å². The number of ether oxygens (including phenoxy) is 1. The molecular weight excluding hydrogens is 446 g/mol. The van der Waals surface area contributed by atoms with Gasteiger partial charge in [-0.15, -0.1) is 0 Å². The standard InChI is InChI=1S/C27H27N3O5/c1-4-18-14-17-7-5-6-8-20(17)26(28-18)29-19-11-9-16(10-12-19)13-21(27(33)34)30-22-23(31)24(32)25(22)35-15(2)3/h5-12,14-15,21,30H,4,13H2,1-3H3,(H,28,29)(H,33,34). The SMILES string of the molecule is CCc1cc2ccccc2c(Nc2ccc(CC(Nc3c(OC(C)C)c(=O)c3=O)C(=O)O)cc2)n1. The topological polar surface area (TPSA) is 118 Å². The minimum atomic E-state index is -1.14. The van der Waals surface area contributed by atoms with E-state index in [1.807, 2.05) is 42.5 Å². The fraction of sp³-hybridized carbons (Fsp3) is 0.259. The number of carbonyl (C=O) groups is 1. The zero-order chi connectivity index (χ0) is 25.1. The minimum Gasteiger partial charge on any atom is -0.485 e. The summed E-state index contributed by atoms with van der Waals surface area (Å²) in [6, 6.07) is 16.4. The molecule has 0 aliphatic heterocycles. The Labute approximate surface area is 202 Å². The van der Waals surface area contributed by atoms with Gasteiger partial charge in [0.05, 0.1) is 6.10 Å². The molecule has 0 aliphatic rings. The van der Waals surface area contributed by atoms with Gasteiger partial charge in [0, 0.05) is 23.2 Å². The van der Waals surface area contributed by atoms with Gasteiger partial charge in [0.15, 0.2) is 5.75 Å². The summed E-state index contributed by atoms with van der Waals surface area (Å²) in [4.78, 5) is 40.3. The first kappa shape index (κ1) is 23.9. The molecule has 3 N–H and O–H groups in total. The normalized spacial score (nSPS) is 12.1. The lowest BCUT2D eigenvalue weighted by molar-refractivity contribution is -0.137. The second kappa shape index (κ2) is 9.97. The average molecular weight is 474 g/mol. The van der Waals surface area contributed by atoms with Crippen LogP contribution in [0.2, 0.25) is 0 Å². The maximum absolute atomic E-state index is 12.0. The Hall–Kier alpha value is -4.20. The van der Waals surface area contributed by atoms with Crippen LogP contribution in [0.15, 0.2) is 64.2 Å². The molecule has 0 spiro atoms. The molecule has 0 bridgehead atoms. The molecule has 180 valence electrons. The molecule has 0 saturated carbocycles. The summed E-state index contributed by atoms with van der Waals surface area (Å²) < 4.78 is 5.37. The van der Waals surface area contributed by atoms with Gasteiger partial charge in [-0.3, -0.25) is 9.59 Å². The van der Waals surface area contributed by atoms with Gasteiger partial charge in [0.1, 0.15) is 17.5 Å². The third-order valence-electron chi connectivity index (χ3n) is 5.65. The van der Waals surface area contributed by atoms with Crippen LogP contribution in [0.25, 0.3) is 10.8 Å². The lowest BCUT2D eigenvalue weighted by Gasteiger charge is -2.20. The zero-order valence-corrected chi connectivity index (χ0v) is 19.8. The molecule has 3 aromatic carbocycles. The van der Waals surface area contributed by atoms with Crippen molar-refractivity contribution in [1.82, 2.24) is 4.98 Å². The summed E-state index contributed by atoms with van der Waals surface area (Å²) in [6.45, 7) is 5.51. The van der Waals surface area contributed by atoms with Gasteiger partial charge in [-0.05, 0) is 49.4 Å². The van der Waals surface area contributed by atoms with Crippen LogP contribution >= 0.6 is 0 Å². The molecule has 35 heavy (non-hydrogen) atoms. The summed E-state index contributed by atoms with van der Waals surface area (Å²) in [5, 5.41) is 17.8. The second-order valence-corrected chi connectivity index (χ2v) is 8.63. The van der Waals surface area contributed by atoms with Crippen LogP contribution < -0.4 is 26.2 Å². The minimum absolute atomic E-state index is 0.0804. The van der Waals surface area contributed by atoms with Gasteiger partial charge in [0.25, 0.3) is 10.9 Å². The molecule has 0 aliphatic carbocycles. The number of hydrogen-bond donors (Lipinski definition) is 3. The van der Waals surface area contributed by atoms with Gasteiger partial charge < -0.3 is 20.5 Å². The number of nitrogens with one attached hydrogen (secondary N) is 2. The van der Waals surface area contributed by atoms with Crippen LogP contribution in [0.4, 0.5) is 17.2 Å². The molecule has 0 saturated heterocycles. The van der Waals surface area contributed by atoms with E-state index in [1.54, 1.807) is 13.8 Å². The Morgan fingerprint density at radius 1 is 1.06 bits per heavy atom. The number of rotatable bonds is 10. The van der Waals surface area contributed by atoms with Gasteiger partial charge in [-0.25, -0.2) is 9.78 Å². The van der Waals surface area contributed by atoms with Crippen LogP contribution in [0.3, 0.4) is 0 Å². The summed E-state index contributed by atoms with van der Waals surface area (Å²) in [6.07, 6.45) is 0.616.